The van der Waals surface area contributed by atoms with Crippen molar-refractivity contribution in [3.05, 3.63) is 48.3 Å². The minimum Gasteiger partial charge on any atom is -0.493 e. The van der Waals surface area contributed by atoms with Crippen LogP contribution < -0.4 is 0 Å². The van der Waals surface area contributed by atoms with Gasteiger partial charge in [0.15, 0.2) is 18.2 Å². The minimum absolute atomic E-state index is 0.0107. The van der Waals surface area contributed by atoms with Crippen LogP contribution >= 0.6 is 0 Å². The molecule has 15 heteroatoms. The molecule has 0 aromatic rings. The lowest BCUT2D eigenvalue weighted by molar-refractivity contribution is -0.327. The molecule has 15 nitrogen and oxygen atoms in total. The number of carbonyl (C=O) groups is 4. The first-order chi connectivity index (χ1) is 27.6. The summed E-state index contributed by atoms with van der Waals surface area (Å²) in [5.41, 5.74) is -1.15. The standard InChI is InChI=1S/C43H66O15/c1-7-8-9-10-11-14-37(47)57-41-31(24-38(48)51-6)23-35-26-36(28-44)54-30(3)22-32(46)16-20-52-21-17-33-25-34(27-39(49)53-19-12-13-29(2)45)56-40(55-33)15-18-42(4,5)43(41,50)58-35/h12-13,15,18,24,32-36,40-41,44,46,50H,3,7-11,14,16-17,19-23,25-28H2,1-2,4-6H3/b13-12+,18-15+,31-24+/t32-,33-,34-,35?,36-,40-,41+,43-/m1/s1. The number of hydrogen-bond acceptors (Lipinski definition) is 15. The fourth-order valence-corrected chi connectivity index (χ4v) is 7.06. The first-order valence-corrected chi connectivity index (χ1v) is 20.5. The van der Waals surface area contributed by atoms with Gasteiger partial charge in [0.2, 0.25) is 5.79 Å². The van der Waals surface area contributed by atoms with E-state index >= 15 is 0 Å². The summed E-state index contributed by atoms with van der Waals surface area (Å²) < 4.78 is 47.0. The van der Waals surface area contributed by atoms with Crippen LogP contribution in [0.2, 0.25) is 0 Å². The van der Waals surface area contributed by atoms with Crippen molar-refractivity contribution in [1.29, 1.82) is 0 Å². The van der Waals surface area contributed by atoms with E-state index in [0.717, 1.165) is 25.7 Å². The Labute approximate surface area is 342 Å². The summed E-state index contributed by atoms with van der Waals surface area (Å²) in [6, 6.07) is 0. The van der Waals surface area contributed by atoms with Gasteiger partial charge in [-0.05, 0) is 56.4 Å². The Balaban J connectivity index is 2.02. The number of hydrogen-bond donors (Lipinski definition) is 3. The maximum atomic E-state index is 13.4. The summed E-state index contributed by atoms with van der Waals surface area (Å²) in [6.07, 6.45) is 6.66. The number of aliphatic hydroxyl groups is 3. The number of ether oxygens (including phenoxy) is 8. The van der Waals surface area contributed by atoms with Crippen molar-refractivity contribution in [2.45, 2.75) is 160 Å². The lowest BCUT2D eigenvalue weighted by atomic mass is 9.74. The van der Waals surface area contributed by atoms with E-state index < -0.39 is 78.6 Å². The molecule has 0 spiro atoms. The van der Waals surface area contributed by atoms with E-state index in [1.807, 2.05) is 0 Å². The van der Waals surface area contributed by atoms with Gasteiger partial charge in [-0.15, -0.1) is 0 Å². The van der Waals surface area contributed by atoms with E-state index in [1.54, 1.807) is 26.0 Å². The molecule has 0 aliphatic carbocycles. The molecule has 3 heterocycles. The largest absolute Gasteiger partial charge is 0.493 e. The first kappa shape index (κ1) is 48.9. The number of esters is 3. The van der Waals surface area contributed by atoms with Gasteiger partial charge >= 0.3 is 17.9 Å². The van der Waals surface area contributed by atoms with Gasteiger partial charge in [0.05, 0.1) is 50.3 Å². The molecule has 2 saturated heterocycles. The van der Waals surface area contributed by atoms with E-state index in [-0.39, 0.29) is 75.5 Å². The van der Waals surface area contributed by atoms with Crippen molar-refractivity contribution in [3.8, 4) is 0 Å². The van der Waals surface area contributed by atoms with Gasteiger partial charge in [-0.1, -0.05) is 59.1 Å². The van der Waals surface area contributed by atoms with Crippen LogP contribution in [0.4, 0.5) is 0 Å². The summed E-state index contributed by atoms with van der Waals surface area (Å²) in [5.74, 6) is -4.10. The monoisotopic (exact) mass is 822 g/mol. The Hall–Kier alpha value is -3.44. The highest BCUT2D eigenvalue weighted by molar-refractivity contribution is 5.87. The molecule has 0 aromatic heterocycles. The van der Waals surface area contributed by atoms with Crippen molar-refractivity contribution < 1.29 is 72.4 Å². The Bertz CT molecular complexity index is 1440. The summed E-state index contributed by atoms with van der Waals surface area (Å²) >= 11 is 0. The van der Waals surface area contributed by atoms with Gasteiger partial charge in [0.25, 0.3) is 0 Å². The lowest BCUT2D eigenvalue weighted by Crippen LogP contribution is -2.62. The van der Waals surface area contributed by atoms with Crippen LogP contribution in [0.1, 0.15) is 111 Å². The molecule has 3 rings (SSSR count). The van der Waals surface area contributed by atoms with Gasteiger partial charge in [0, 0.05) is 50.4 Å². The lowest BCUT2D eigenvalue weighted by Gasteiger charge is -2.51. The van der Waals surface area contributed by atoms with E-state index in [0.29, 0.717) is 19.3 Å². The van der Waals surface area contributed by atoms with Crippen LogP contribution in [-0.4, -0.2) is 121 Å². The fourth-order valence-electron chi connectivity index (χ4n) is 7.06. The molecule has 3 aliphatic heterocycles. The molecule has 58 heavy (non-hydrogen) atoms. The Morgan fingerprint density at radius 3 is 2.41 bits per heavy atom. The second-order valence-electron chi connectivity index (χ2n) is 15.8. The molecule has 4 bridgehead atoms. The van der Waals surface area contributed by atoms with Crippen LogP contribution in [0.3, 0.4) is 0 Å². The molecule has 0 aromatic carbocycles. The second-order valence-corrected chi connectivity index (χ2v) is 15.8. The third-order valence-electron chi connectivity index (χ3n) is 10.3. The summed E-state index contributed by atoms with van der Waals surface area (Å²) in [6.45, 7) is 10.8. The predicted molar refractivity (Wildman–Crippen MR) is 211 cm³/mol. The highest BCUT2D eigenvalue weighted by Crippen LogP contribution is 2.47. The Morgan fingerprint density at radius 2 is 1.71 bits per heavy atom. The smallest absolute Gasteiger partial charge is 0.330 e. The maximum Gasteiger partial charge on any atom is 0.330 e. The van der Waals surface area contributed by atoms with E-state index in [9.17, 15) is 34.5 Å². The molecule has 8 atom stereocenters. The second kappa shape index (κ2) is 24.6. The van der Waals surface area contributed by atoms with E-state index in [1.165, 1.54) is 32.3 Å². The molecule has 3 aliphatic rings. The zero-order valence-electron chi connectivity index (χ0n) is 34.9. The van der Waals surface area contributed by atoms with Crippen LogP contribution in [0, 0.1) is 5.41 Å². The number of carbonyl (C=O) groups excluding carboxylic acids is 4. The predicted octanol–water partition coefficient (Wildman–Crippen LogP) is 4.84. The molecule has 3 N–H and O–H groups in total. The van der Waals surface area contributed by atoms with Gasteiger partial charge in [-0.3, -0.25) is 14.4 Å². The number of allylic oxidation sites excluding steroid dienone is 1. The number of fused-ring (bicyclic) bond motifs is 4. The number of unbranched alkanes of at least 4 members (excludes halogenated alkanes) is 4. The van der Waals surface area contributed by atoms with Crippen molar-refractivity contribution in [2.75, 3.05) is 33.5 Å². The number of rotatable bonds is 14. The molecule has 0 saturated carbocycles. The normalized spacial score (nSPS) is 31.1. The van der Waals surface area contributed by atoms with Gasteiger partial charge in [-0.25, -0.2) is 4.79 Å². The average molecular weight is 823 g/mol. The van der Waals surface area contributed by atoms with Gasteiger partial charge in [-0.2, -0.15) is 0 Å². The molecule has 0 amide bonds. The van der Waals surface area contributed by atoms with Gasteiger partial charge in [0.1, 0.15) is 12.7 Å². The highest BCUT2D eigenvalue weighted by Gasteiger charge is 2.57. The molecule has 328 valence electrons. The fraction of sp³-hybridized carbons (Fsp3) is 0.721. The number of aliphatic hydroxyl groups excluding tert-OH is 2. The zero-order chi connectivity index (χ0) is 42.7. The third kappa shape index (κ3) is 16.3. The molecule has 1 unspecified atom stereocenters. The van der Waals surface area contributed by atoms with Crippen molar-refractivity contribution >= 4 is 23.7 Å². The summed E-state index contributed by atoms with van der Waals surface area (Å²) in [5, 5.41) is 33.8. The summed E-state index contributed by atoms with van der Waals surface area (Å²) in [7, 11) is 1.21. The quantitative estimate of drug-likeness (QED) is 0.0706. The average Bonchev–Trinajstić information content (AvgIpc) is 3.16. The van der Waals surface area contributed by atoms with Crippen molar-refractivity contribution in [3.63, 3.8) is 0 Å². The van der Waals surface area contributed by atoms with E-state index in [2.05, 4.69) is 13.5 Å². The highest BCUT2D eigenvalue weighted by atomic mass is 16.7. The third-order valence-corrected chi connectivity index (χ3v) is 10.3. The van der Waals surface area contributed by atoms with Gasteiger partial charge < -0.3 is 53.2 Å². The Morgan fingerprint density at radius 1 is 0.983 bits per heavy atom. The molecular formula is C43H66O15. The van der Waals surface area contributed by atoms with Crippen LogP contribution in [0.25, 0.3) is 0 Å². The van der Waals surface area contributed by atoms with Crippen LogP contribution in [0.5, 0.6) is 0 Å². The van der Waals surface area contributed by atoms with Crippen LogP contribution in [-0.2, 0) is 57.1 Å². The topological polar surface area (TPSA) is 203 Å². The molecule has 0 radical (unpaired) electrons. The minimum atomic E-state index is -2.31. The maximum absolute atomic E-state index is 13.4. The number of methoxy groups -OCH3 is 1. The summed E-state index contributed by atoms with van der Waals surface area (Å²) in [4.78, 5) is 50.2. The zero-order valence-corrected chi connectivity index (χ0v) is 34.9. The van der Waals surface area contributed by atoms with Crippen molar-refractivity contribution in [2.24, 2.45) is 5.41 Å². The number of ketones is 1. The van der Waals surface area contributed by atoms with Crippen LogP contribution in [0.15, 0.2) is 48.3 Å². The molecule has 2 fully saturated rings. The van der Waals surface area contributed by atoms with Crippen molar-refractivity contribution in [1.82, 2.24) is 0 Å². The molecular weight excluding hydrogens is 756 g/mol. The Kier molecular flexibility index (Phi) is 20.7. The SMILES string of the molecule is C=C1C[C@H](O)CCOCC[C@@H]2C[C@H](CC(=O)OC/C=C/C(C)=O)O[C@H](/C=C/C(C)(C)[C@]3(O)OC(C/C(=C\C(=O)OC)[C@@H]3OC(=O)CCCCCCC)C[C@H](CO)O1)O2. The van der Waals surface area contributed by atoms with E-state index in [4.69, 9.17) is 37.9 Å². The first-order valence-electron chi connectivity index (χ1n) is 20.5.